The van der Waals surface area contributed by atoms with Gasteiger partial charge >= 0.3 is 0 Å². The summed E-state index contributed by atoms with van der Waals surface area (Å²) in [4.78, 5) is 0. The molecule has 2 aromatic rings. The van der Waals surface area contributed by atoms with Crippen LogP contribution in [0.3, 0.4) is 0 Å². The van der Waals surface area contributed by atoms with Crippen LogP contribution in [0.5, 0.6) is 11.5 Å². The number of hydrogen-bond donors (Lipinski definition) is 1. The number of hydrogen-bond acceptors (Lipinski definition) is 2. The SMILES string of the molecule is CC(C)(C)[S@](=O)NC1c2ccccc2Oc2cc(Br)ccc21. The molecule has 0 bridgehead atoms. The standard InChI is InChI=1S/C17H18BrNO2S/c1-17(2,3)22(20)19-16-12-6-4-5-7-14(12)21-15-10-11(18)8-9-13(15)16/h4-10,16,19H,1-3H3/t16?,22-/m0/s1. The molecule has 5 heteroatoms. The van der Waals surface area contributed by atoms with Crippen molar-refractivity contribution in [3.05, 3.63) is 58.1 Å². The number of rotatable bonds is 2. The maximum atomic E-state index is 12.6. The number of halogens is 1. The number of para-hydroxylation sites is 1. The molecule has 1 heterocycles. The first-order valence-corrected chi connectivity index (χ1v) is 9.05. The van der Waals surface area contributed by atoms with Gasteiger partial charge in [0.1, 0.15) is 11.5 Å². The molecule has 1 unspecified atom stereocenters. The Balaban J connectivity index is 2.07. The van der Waals surface area contributed by atoms with Crippen LogP contribution in [0.25, 0.3) is 0 Å². The number of ether oxygens (including phenoxy) is 1. The minimum atomic E-state index is -1.17. The Hall–Kier alpha value is -1.17. The summed E-state index contributed by atoms with van der Waals surface area (Å²) in [6.07, 6.45) is 0. The van der Waals surface area contributed by atoms with Crippen LogP contribution in [0.15, 0.2) is 46.9 Å². The Bertz CT molecular complexity index is 740. The topological polar surface area (TPSA) is 38.3 Å². The van der Waals surface area contributed by atoms with Crippen LogP contribution in [0.1, 0.15) is 37.9 Å². The van der Waals surface area contributed by atoms with Crippen molar-refractivity contribution < 1.29 is 8.95 Å². The molecule has 3 nitrogen and oxygen atoms in total. The zero-order chi connectivity index (χ0) is 15.9. The summed E-state index contributed by atoms with van der Waals surface area (Å²) in [6.45, 7) is 5.89. The van der Waals surface area contributed by atoms with Crippen LogP contribution >= 0.6 is 15.9 Å². The third-order valence-corrected chi connectivity index (χ3v) is 5.57. The summed E-state index contributed by atoms with van der Waals surface area (Å²) in [5.74, 6) is 1.59. The highest BCUT2D eigenvalue weighted by Crippen LogP contribution is 2.44. The molecule has 1 N–H and O–H groups in total. The van der Waals surface area contributed by atoms with E-state index < -0.39 is 11.0 Å². The Morgan fingerprint density at radius 1 is 1.09 bits per heavy atom. The number of fused-ring (bicyclic) bond motifs is 2. The summed E-state index contributed by atoms with van der Waals surface area (Å²) >= 11 is 3.47. The molecule has 2 atom stereocenters. The van der Waals surface area contributed by atoms with Crippen molar-refractivity contribution in [1.29, 1.82) is 0 Å². The first-order valence-electron chi connectivity index (χ1n) is 7.10. The summed E-state index contributed by atoms with van der Waals surface area (Å²) in [5, 5.41) is 0. The molecule has 1 aliphatic rings. The van der Waals surface area contributed by atoms with Crippen molar-refractivity contribution in [2.45, 2.75) is 31.6 Å². The van der Waals surface area contributed by atoms with E-state index in [1.165, 1.54) is 0 Å². The smallest absolute Gasteiger partial charge is 0.133 e. The van der Waals surface area contributed by atoms with E-state index in [0.717, 1.165) is 27.1 Å². The van der Waals surface area contributed by atoms with Gasteiger partial charge in [0, 0.05) is 15.6 Å². The van der Waals surface area contributed by atoms with E-state index in [0.29, 0.717) is 0 Å². The van der Waals surface area contributed by atoms with Crippen molar-refractivity contribution in [3.8, 4) is 11.5 Å². The minimum Gasteiger partial charge on any atom is -0.457 e. The van der Waals surface area contributed by atoms with Gasteiger partial charge in [-0.05, 0) is 39.0 Å². The van der Waals surface area contributed by atoms with E-state index in [-0.39, 0.29) is 10.8 Å². The monoisotopic (exact) mass is 379 g/mol. The summed E-state index contributed by atoms with van der Waals surface area (Å²) in [5.41, 5.74) is 2.01. The molecule has 0 saturated heterocycles. The fourth-order valence-corrected chi connectivity index (χ4v) is 3.51. The lowest BCUT2D eigenvalue weighted by Crippen LogP contribution is -2.37. The molecular formula is C17H18BrNO2S. The van der Waals surface area contributed by atoms with Crippen LogP contribution in [0, 0.1) is 0 Å². The van der Waals surface area contributed by atoms with Gasteiger partial charge in [-0.3, -0.25) is 0 Å². The van der Waals surface area contributed by atoms with E-state index in [2.05, 4.69) is 20.7 Å². The maximum absolute atomic E-state index is 12.6. The average molecular weight is 380 g/mol. The normalized spacial score (nSPS) is 18.1. The third kappa shape index (κ3) is 2.98. The highest BCUT2D eigenvalue weighted by Gasteiger charge is 2.31. The first-order chi connectivity index (χ1) is 10.4. The van der Waals surface area contributed by atoms with Gasteiger partial charge in [0.2, 0.25) is 0 Å². The fourth-order valence-electron chi connectivity index (χ4n) is 2.34. The van der Waals surface area contributed by atoms with Gasteiger partial charge in [-0.15, -0.1) is 0 Å². The summed E-state index contributed by atoms with van der Waals surface area (Å²) in [7, 11) is -1.17. The van der Waals surface area contributed by atoms with E-state index in [4.69, 9.17) is 4.74 Å². The molecule has 3 rings (SSSR count). The van der Waals surface area contributed by atoms with Crippen molar-refractivity contribution in [1.82, 2.24) is 4.72 Å². The van der Waals surface area contributed by atoms with Gasteiger partial charge in [0.25, 0.3) is 0 Å². The lowest BCUT2D eigenvalue weighted by atomic mass is 9.95. The minimum absolute atomic E-state index is 0.145. The lowest BCUT2D eigenvalue weighted by Gasteiger charge is -2.30. The van der Waals surface area contributed by atoms with Gasteiger partial charge in [-0.25, -0.2) is 8.93 Å². The second kappa shape index (κ2) is 5.80. The van der Waals surface area contributed by atoms with Crippen LogP contribution in [-0.2, 0) is 11.0 Å². The lowest BCUT2D eigenvalue weighted by molar-refractivity contribution is 0.441. The predicted octanol–water partition coefficient (Wildman–Crippen LogP) is 4.70. The zero-order valence-corrected chi connectivity index (χ0v) is 15.1. The molecule has 0 fully saturated rings. The largest absolute Gasteiger partial charge is 0.457 e. The van der Waals surface area contributed by atoms with Crippen molar-refractivity contribution >= 4 is 26.9 Å². The van der Waals surface area contributed by atoms with E-state index >= 15 is 0 Å². The van der Waals surface area contributed by atoms with Gasteiger partial charge in [0.15, 0.2) is 0 Å². The van der Waals surface area contributed by atoms with E-state index in [9.17, 15) is 4.21 Å². The number of benzene rings is 2. The van der Waals surface area contributed by atoms with Gasteiger partial charge < -0.3 is 4.74 Å². The summed E-state index contributed by atoms with van der Waals surface area (Å²) < 4.78 is 22.5. The van der Waals surface area contributed by atoms with E-state index in [1.54, 1.807) is 0 Å². The van der Waals surface area contributed by atoms with Gasteiger partial charge in [0.05, 0.1) is 21.8 Å². The predicted molar refractivity (Wildman–Crippen MR) is 93.5 cm³/mol. The molecular weight excluding hydrogens is 362 g/mol. The maximum Gasteiger partial charge on any atom is 0.133 e. The van der Waals surface area contributed by atoms with Crippen LogP contribution < -0.4 is 9.46 Å². The molecule has 0 aliphatic carbocycles. The van der Waals surface area contributed by atoms with Crippen molar-refractivity contribution in [2.75, 3.05) is 0 Å². The second-order valence-corrected chi connectivity index (χ2v) is 9.17. The van der Waals surface area contributed by atoms with Crippen LogP contribution in [-0.4, -0.2) is 8.96 Å². The van der Waals surface area contributed by atoms with Crippen LogP contribution in [0.4, 0.5) is 0 Å². The van der Waals surface area contributed by atoms with Gasteiger partial charge in [-0.1, -0.05) is 40.2 Å². The number of nitrogens with one attached hydrogen (secondary N) is 1. The second-order valence-electron chi connectivity index (χ2n) is 6.25. The molecule has 0 radical (unpaired) electrons. The molecule has 2 aromatic carbocycles. The highest BCUT2D eigenvalue weighted by atomic mass is 79.9. The molecule has 1 aliphatic heterocycles. The van der Waals surface area contributed by atoms with Crippen LogP contribution in [0.2, 0.25) is 0 Å². The molecule has 116 valence electrons. The Kier molecular flexibility index (Phi) is 4.14. The average Bonchev–Trinajstić information content (AvgIpc) is 2.45. The first kappa shape index (κ1) is 15.7. The zero-order valence-electron chi connectivity index (χ0n) is 12.7. The third-order valence-electron chi connectivity index (χ3n) is 3.52. The molecule has 0 saturated carbocycles. The Labute approximate surface area is 141 Å². The van der Waals surface area contributed by atoms with Crippen molar-refractivity contribution in [3.63, 3.8) is 0 Å². The quantitative estimate of drug-likeness (QED) is 0.821. The van der Waals surface area contributed by atoms with Crippen molar-refractivity contribution in [2.24, 2.45) is 0 Å². The van der Waals surface area contributed by atoms with E-state index in [1.807, 2.05) is 63.2 Å². The summed E-state index contributed by atoms with van der Waals surface area (Å²) in [6, 6.07) is 13.7. The molecule has 0 spiro atoms. The fraction of sp³-hybridized carbons (Fsp3) is 0.294. The highest BCUT2D eigenvalue weighted by molar-refractivity contribution is 9.10. The Morgan fingerprint density at radius 3 is 2.50 bits per heavy atom. The molecule has 0 aromatic heterocycles. The molecule has 0 amide bonds. The Morgan fingerprint density at radius 2 is 1.77 bits per heavy atom. The van der Waals surface area contributed by atoms with Gasteiger partial charge in [-0.2, -0.15) is 0 Å². The molecule has 22 heavy (non-hydrogen) atoms.